The standard InChI is InChI=1S/C24H35N3O5S/c1-16(2)13-27(23(30)31-14-18-12-26-15-33-18)21(24(3,4)5)20(28)19(32-22(25)29)11-17-9-7-6-8-10-17/h6-10,12,15-16,19-21,28H,11,13-14H2,1-5H3,(H2,25,29). The van der Waals surface area contributed by atoms with Crippen LogP contribution in [0.4, 0.5) is 9.59 Å². The molecule has 3 N–H and O–H groups in total. The number of aliphatic hydroxyl groups is 1. The van der Waals surface area contributed by atoms with E-state index in [1.165, 1.54) is 11.3 Å². The largest absolute Gasteiger partial charge is 0.444 e. The van der Waals surface area contributed by atoms with Gasteiger partial charge in [0.25, 0.3) is 0 Å². The number of amides is 2. The molecule has 0 bridgehead atoms. The van der Waals surface area contributed by atoms with Crippen molar-refractivity contribution in [1.82, 2.24) is 9.88 Å². The summed E-state index contributed by atoms with van der Waals surface area (Å²) < 4.78 is 10.9. The van der Waals surface area contributed by atoms with E-state index in [1.54, 1.807) is 16.6 Å². The molecule has 0 spiro atoms. The summed E-state index contributed by atoms with van der Waals surface area (Å²) in [7, 11) is 0. The van der Waals surface area contributed by atoms with Crippen molar-refractivity contribution in [3.63, 3.8) is 0 Å². The molecule has 0 aliphatic heterocycles. The molecular weight excluding hydrogens is 442 g/mol. The number of aliphatic hydroxyl groups excluding tert-OH is 1. The topological polar surface area (TPSA) is 115 Å². The van der Waals surface area contributed by atoms with Crippen molar-refractivity contribution in [2.75, 3.05) is 6.54 Å². The third-order valence-electron chi connectivity index (χ3n) is 5.09. The molecule has 0 saturated carbocycles. The maximum atomic E-state index is 13.2. The van der Waals surface area contributed by atoms with E-state index in [9.17, 15) is 14.7 Å². The molecule has 182 valence electrons. The van der Waals surface area contributed by atoms with Gasteiger partial charge in [-0.25, -0.2) is 9.59 Å². The maximum Gasteiger partial charge on any atom is 0.410 e. The molecule has 1 aromatic carbocycles. The van der Waals surface area contributed by atoms with Crippen LogP contribution in [0, 0.1) is 11.3 Å². The average molecular weight is 478 g/mol. The minimum atomic E-state index is -1.20. The molecule has 0 aliphatic carbocycles. The van der Waals surface area contributed by atoms with E-state index in [1.807, 2.05) is 65.0 Å². The zero-order valence-electron chi connectivity index (χ0n) is 19.9. The lowest BCUT2D eigenvalue weighted by atomic mass is 9.79. The van der Waals surface area contributed by atoms with Crippen LogP contribution < -0.4 is 5.73 Å². The third-order valence-corrected chi connectivity index (χ3v) is 5.85. The predicted molar refractivity (Wildman–Crippen MR) is 128 cm³/mol. The van der Waals surface area contributed by atoms with Crippen LogP contribution in [-0.2, 0) is 22.5 Å². The molecule has 33 heavy (non-hydrogen) atoms. The molecular formula is C24H35N3O5S. The highest BCUT2D eigenvalue weighted by atomic mass is 32.1. The Hall–Kier alpha value is -2.65. The molecule has 3 unspecified atom stereocenters. The highest BCUT2D eigenvalue weighted by molar-refractivity contribution is 7.09. The van der Waals surface area contributed by atoms with Crippen molar-refractivity contribution in [3.05, 3.63) is 52.5 Å². The van der Waals surface area contributed by atoms with Crippen molar-refractivity contribution in [1.29, 1.82) is 0 Å². The van der Waals surface area contributed by atoms with Crippen LogP contribution >= 0.6 is 11.3 Å². The number of hydrogen-bond donors (Lipinski definition) is 2. The third kappa shape index (κ3) is 8.33. The number of carbonyl (C=O) groups is 2. The van der Waals surface area contributed by atoms with Crippen molar-refractivity contribution < 1.29 is 24.2 Å². The molecule has 0 aliphatic rings. The summed E-state index contributed by atoms with van der Waals surface area (Å²) in [6.07, 6.45) is -1.77. The van der Waals surface area contributed by atoms with Gasteiger partial charge in [0.05, 0.1) is 16.4 Å². The highest BCUT2D eigenvalue weighted by Crippen LogP contribution is 2.31. The van der Waals surface area contributed by atoms with E-state index >= 15 is 0 Å². The molecule has 8 nitrogen and oxygen atoms in total. The maximum absolute atomic E-state index is 13.2. The number of nitrogens with two attached hydrogens (primary N) is 1. The van der Waals surface area contributed by atoms with Crippen molar-refractivity contribution in [2.45, 2.75) is 65.9 Å². The number of nitrogens with zero attached hydrogens (tertiary/aromatic N) is 2. The fraction of sp³-hybridized carbons (Fsp3) is 0.542. The van der Waals surface area contributed by atoms with Gasteiger partial charge in [0.1, 0.15) is 18.8 Å². The SMILES string of the molecule is CC(C)CN(C(=O)OCc1cncs1)C(C(O)C(Cc1ccccc1)OC(N)=O)C(C)(C)C. The first-order valence-corrected chi connectivity index (χ1v) is 11.9. The number of carbonyl (C=O) groups excluding carboxylic acids is 2. The van der Waals surface area contributed by atoms with E-state index in [0.29, 0.717) is 6.54 Å². The molecule has 0 radical (unpaired) electrons. The highest BCUT2D eigenvalue weighted by Gasteiger charge is 2.44. The second kappa shape index (κ2) is 12.0. The number of ether oxygens (including phenoxy) is 2. The Kier molecular flexibility index (Phi) is 9.67. The van der Waals surface area contributed by atoms with Crippen LogP contribution in [0.3, 0.4) is 0 Å². The zero-order valence-corrected chi connectivity index (χ0v) is 20.7. The van der Waals surface area contributed by atoms with Gasteiger partial charge in [-0.15, -0.1) is 11.3 Å². The zero-order chi connectivity index (χ0) is 24.6. The predicted octanol–water partition coefficient (Wildman–Crippen LogP) is 4.22. The molecule has 9 heteroatoms. The first-order valence-electron chi connectivity index (χ1n) is 11.0. The lowest BCUT2D eigenvalue weighted by molar-refractivity contribution is -0.0737. The molecule has 2 rings (SSSR count). The van der Waals surface area contributed by atoms with Gasteiger partial charge in [-0.2, -0.15) is 0 Å². The van der Waals surface area contributed by atoms with Gasteiger partial charge < -0.3 is 25.2 Å². The number of primary amides is 1. The summed E-state index contributed by atoms with van der Waals surface area (Å²) in [6, 6.07) is 8.67. The summed E-state index contributed by atoms with van der Waals surface area (Å²) in [5.74, 6) is 0.114. The molecule has 0 fully saturated rings. The Morgan fingerprint density at radius 2 is 1.88 bits per heavy atom. The summed E-state index contributed by atoms with van der Waals surface area (Å²) in [6.45, 7) is 10.2. The summed E-state index contributed by atoms with van der Waals surface area (Å²) >= 11 is 1.40. The van der Waals surface area contributed by atoms with Crippen LogP contribution in [-0.4, -0.2) is 52.0 Å². The van der Waals surface area contributed by atoms with E-state index in [2.05, 4.69) is 4.98 Å². The van der Waals surface area contributed by atoms with Crippen molar-refractivity contribution in [3.8, 4) is 0 Å². The Balaban J connectivity index is 2.35. The number of aromatic nitrogens is 1. The number of hydrogen-bond acceptors (Lipinski definition) is 7. The minimum Gasteiger partial charge on any atom is -0.444 e. The van der Waals surface area contributed by atoms with E-state index < -0.39 is 35.9 Å². The Labute approximate surface area is 199 Å². The Morgan fingerprint density at radius 1 is 1.21 bits per heavy atom. The van der Waals surface area contributed by atoms with Gasteiger partial charge in [-0.3, -0.25) is 4.98 Å². The Morgan fingerprint density at radius 3 is 2.39 bits per heavy atom. The molecule has 2 aromatic rings. The lowest BCUT2D eigenvalue weighted by Crippen LogP contribution is -2.59. The van der Waals surface area contributed by atoms with E-state index in [0.717, 1.165) is 10.4 Å². The number of rotatable bonds is 10. The summed E-state index contributed by atoms with van der Waals surface area (Å²) in [4.78, 5) is 31.2. The second-order valence-electron chi connectivity index (χ2n) is 9.54. The summed E-state index contributed by atoms with van der Waals surface area (Å²) in [5.41, 5.74) is 7.32. The van der Waals surface area contributed by atoms with Crippen LogP contribution in [0.2, 0.25) is 0 Å². The van der Waals surface area contributed by atoms with Crippen LogP contribution in [0.5, 0.6) is 0 Å². The number of benzene rings is 1. The molecule has 2 amide bonds. The fourth-order valence-corrected chi connectivity index (χ4v) is 4.33. The minimum absolute atomic E-state index is 0.0935. The molecule has 3 atom stereocenters. The van der Waals surface area contributed by atoms with Crippen molar-refractivity contribution >= 4 is 23.5 Å². The average Bonchev–Trinajstić information content (AvgIpc) is 3.23. The lowest BCUT2D eigenvalue weighted by Gasteiger charge is -2.44. The van der Waals surface area contributed by atoms with Crippen LogP contribution in [0.15, 0.2) is 42.0 Å². The quantitative estimate of drug-likeness (QED) is 0.529. The Bertz CT molecular complexity index is 868. The van der Waals surface area contributed by atoms with E-state index in [-0.39, 0.29) is 18.9 Å². The normalized spacial score (nSPS) is 14.4. The van der Waals surface area contributed by atoms with Crippen LogP contribution in [0.25, 0.3) is 0 Å². The van der Waals surface area contributed by atoms with Gasteiger partial charge in [-0.05, 0) is 16.9 Å². The number of thiazole rings is 1. The molecule has 1 heterocycles. The monoisotopic (exact) mass is 477 g/mol. The molecule has 0 saturated heterocycles. The van der Waals surface area contributed by atoms with Gasteiger partial charge in [0.15, 0.2) is 0 Å². The van der Waals surface area contributed by atoms with Gasteiger partial charge in [-0.1, -0.05) is 65.0 Å². The van der Waals surface area contributed by atoms with Crippen LogP contribution in [0.1, 0.15) is 45.1 Å². The first-order chi connectivity index (χ1) is 15.5. The van der Waals surface area contributed by atoms with Crippen molar-refractivity contribution in [2.24, 2.45) is 17.1 Å². The van der Waals surface area contributed by atoms with Gasteiger partial charge in [0, 0.05) is 19.2 Å². The van der Waals surface area contributed by atoms with Gasteiger partial charge in [0.2, 0.25) is 0 Å². The fourth-order valence-electron chi connectivity index (χ4n) is 3.82. The van der Waals surface area contributed by atoms with Gasteiger partial charge >= 0.3 is 12.2 Å². The molecule has 1 aromatic heterocycles. The smallest absolute Gasteiger partial charge is 0.410 e. The second-order valence-corrected chi connectivity index (χ2v) is 10.5. The summed E-state index contributed by atoms with van der Waals surface area (Å²) in [5, 5.41) is 11.5. The first kappa shape index (κ1) is 26.6. The van der Waals surface area contributed by atoms with E-state index in [4.69, 9.17) is 15.2 Å².